The summed E-state index contributed by atoms with van der Waals surface area (Å²) in [5, 5.41) is 41.7. The first-order chi connectivity index (χ1) is 34.6. The molecule has 7 atom stereocenters. The Hall–Kier alpha value is -6.92. The average Bonchev–Trinajstić information content (AvgIpc) is 4.07. The minimum atomic E-state index is -1.31. The molecule has 2 fully saturated rings. The van der Waals surface area contributed by atoms with Crippen molar-refractivity contribution in [3.8, 4) is 5.75 Å². The van der Waals surface area contributed by atoms with Gasteiger partial charge in [0.15, 0.2) is 0 Å². The Kier molecular flexibility index (Phi) is 22.4. The van der Waals surface area contributed by atoms with Crippen molar-refractivity contribution in [2.24, 2.45) is 17.4 Å². The van der Waals surface area contributed by atoms with Crippen molar-refractivity contribution in [2.75, 3.05) is 31.9 Å². The largest absolute Gasteiger partial charge is 0.508 e. The summed E-state index contributed by atoms with van der Waals surface area (Å²) in [4.78, 5) is 119. The van der Waals surface area contributed by atoms with Crippen molar-refractivity contribution in [3.05, 3.63) is 65.9 Å². The monoisotopic (exact) mass is 1020 g/mol. The third kappa shape index (κ3) is 18.0. The number of amides is 10. The van der Waals surface area contributed by atoms with Gasteiger partial charge in [0, 0.05) is 66.2 Å². The number of benzene rings is 2. The van der Waals surface area contributed by atoms with Crippen LogP contribution in [0.4, 0.5) is 4.79 Å². The minimum Gasteiger partial charge on any atom is -0.508 e. The Balaban J connectivity index is 1.11. The zero-order valence-electron chi connectivity index (χ0n) is 40.1. The molecule has 1 aromatic heterocycles. The van der Waals surface area contributed by atoms with E-state index in [-0.39, 0.29) is 61.9 Å². The second-order valence-electron chi connectivity index (χ2n) is 18.0. The average molecular weight is 1020 g/mol. The number of fused-ring (bicyclic) bond motifs is 2. The summed E-state index contributed by atoms with van der Waals surface area (Å²) in [6.07, 6.45) is 6.42. The molecule has 5 rings (SSSR count). The number of phenols is 1. The fourth-order valence-electron chi connectivity index (χ4n) is 8.63. The standard InChI is InChI=1S/C48H68N12O11S/c49-19-7-5-9-29(23-40(63)60-71)45(67)56-35(21-28-15-17-31(61)18-16-28)47(69)57-36(22-30-24-52-33-11-2-1-10-32(30)33)46(68)54-25-41(64)53-26-42(65)55-34(44(50)66)12-6-8-20-51-39(62)14-4-3-13-38-43-37(27-72-38)58-48(70)59-43/h1-2,10-11,15-18,24,29,34-38,43,52,61,71H,3-9,12-14,19-23,25-27,49H2,(H2,50,66)(H,51,62)(H,53,64)(H,54,68)(H,55,65)(H,56,67)(H,57,69)(H,60,63)(H2,58,59,70)/t29?,34-,35-,36-,37-,38-,43-/m0/s1. The number of urea groups is 1. The van der Waals surface area contributed by atoms with Gasteiger partial charge in [-0.2, -0.15) is 11.8 Å². The summed E-state index contributed by atoms with van der Waals surface area (Å²) < 4.78 is 0. The highest BCUT2D eigenvalue weighted by atomic mass is 32.2. The van der Waals surface area contributed by atoms with Crippen molar-refractivity contribution in [3.63, 3.8) is 0 Å². The molecule has 2 aromatic carbocycles. The lowest BCUT2D eigenvalue weighted by Gasteiger charge is -2.25. The van der Waals surface area contributed by atoms with E-state index in [1.165, 1.54) is 17.6 Å². The summed E-state index contributed by atoms with van der Waals surface area (Å²) >= 11 is 1.83. The number of aromatic nitrogens is 1. The smallest absolute Gasteiger partial charge is 0.315 e. The van der Waals surface area contributed by atoms with E-state index < -0.39 is 78.5 Å². The maximum absolute atomic E-state index is 14.2. The van der Waals surface area contributed by atoms with Crippen LogP contribution in [0.25, 0.3) is 10.9 Å². The SMILES string of the molecule is NCCCCC(CC(=O)NO)C(=O)N[C@@H](Cc1ccc(O)cc1)C(=O)N[C@@H](Cc1c[nH]c2ccccc12)C(=O)NCC(=O)NCC(=O)N[C@@H](CCCCNC(=O)CCCC[C@@H]1SC[C@@H]2NC(=O)N[C@@H]21)C(N)=O. The molecule has 24 heteroatoms. The van der Waals surface area contributed by atoms with E-state index in [9.17, 15) is 53.5 Å². The maximum Gasteiger partial charge on any atom is 0.315 e. The molecule has 2 aliphatic rings. The quantitative estimate of drug-likeness (QED) is 0.0167. The van der Waals surface area contributed by atoms with Crippen LogP contribution < -0.4 is 59.5 Å². The molecule has 72 heavy (non-hydrogen) atoms. The minimum absolute atomic E-state index is 0.0314. The second kappa shape index (κ2) is 28.8. The van der Waals surface area contributed by atoms with E-state index in [1.807, 2.05) is 30.0 Å². The number of carbonyl (C=O) groups is 9. The fraction of sp³-hybridized carbons (Fsp3) is 0.521. The number of primary amides is 1. The zero-order chi connectivity index (χ0) is 52.0. The van der Waals surface area contributed by atoms with Gasteiger partial charge < -0.3 is 64.1 Å². The van der Waals surface area contributed by atoms with Crippen LogP contribution in [-0.4, -0.2) is 136 Å². The molecule has 10 amide bonds. The van der Waals surface area contributed by atoms with Crippen LogP contribution in [-0.2, 0) is 51.2 Å². The molecule has 0 spiro atoms. The van der Waals surface area contributed by atoms with Gasteiger partial charge in [0.1, 0.15) is 23.9 Å². The van der Waals surface area contributed by atoms with Crippen LogP contribution in [0.3, 0.4) is 0 Å². The molecule has 2 aliphatic heterocycles. The van der Waals surface area contributed by atoms with Gasteiger partial charge in [0.2, 0.25) is 47.3 Å². The third-order valence-corrected chi connectivity index (χ3v) is 14.1. The predicted octanol–water partition coefficient (Wildman–Crippen LogP) is -0.516. The number of para-hydroxylation sites is 1. The van der Waals surface area contributed by atoms with Gasteiger partial charge in [-0.3, -0.25) is 43.6 Å². The lowest BCUT2D eigenvalue weighted by Crippen LogP contribution is -2.56. The molecule has 1 unspecified atom stereocenters. The number of unbranched alkanes of at least 4 members (excludes halogenated alkanes) is 3. The first kappa shape index (κ1) is 56.0. The van der Waals surface area contributed by atoms with E-state index in [1.54, 1.807) is 24.4 Å². The van der Waals surface area contributed by atoms with Crippen molar-refractivity contribution in [2.45, 2.75) is 119 Å². The molecule has 23 nitrogen and oxygen atoms in total. The molecule has 0 radical (unpaired) electrons. The first-order valence-corrected chi connectivity index (χ1v) is 25.3. The Bertz CT molecular complexity index is 2350. The van der Waals surface area contributed by atoms with Gasteiger partial charge in [-0.15, -0.1) is 0 Å². The van der Waals surface area contributed by atoms with Crippen molar-refractivity contribution in [1.29, 1.82) is 0 Å². The van der Waals surface area contributed by atoms with E-state index >= 15 is 0 Å². The van der Waals surface area contributed by atoms with Crippen LogP contribution in [0.15, 0.2) is 54.7 Å². The highest BCUT2D eigenvalue weighted by Crippen LogP contribution is 2.33. The van der Waals surface area contributed by atoms with Crippen molar-refractivity contribution in [1.82, 2.24) is 53.0 Å². The van der Waals surface area contributed by atoms with E-state index in [2.05, 4.69) is 47.5 Å². The summed E-state index contributed by atoms with van der Waals surface area (Å²) in [5.74, 6) is -5.47. The number of aromatic hydroxyl groups is 1. The molecule has 2 saturated heterocycles. The summed E-state index contributed by atoms with van der Waals surface area (Å²) in [6.45, 7) is -0.450. The number of carbonyl (C=O) groups excluding carboxylic acids is 9. The summed E-state index contributed by atoms with van der Waals surface area (Å²) in [7, 11) is 0. The van der Waals surface area contributed by atoms with Gasteiger partial charge >= 0.3 is 6.03 Å². The number of nitrogens with two attached hydrogens (primary N) is 2. The number of nitrogens with one attached hydrogen (secondary N) is 10. The van der Waals surface area contributed by atoms with Gasteiger partial charge in [-0.05, 0) is 80.8 Å². The Morgan fingerprint density at radius 2 is 1.44 bits per heavy atom. The molecule has 0 saturated carbocycles. The zero-order valence-corrected chi connectivity index (χ0v) is 40.9. The molecular formula is C48H68N12O11S. The number of rotatable bonds is 31. The van der Waals surface area contributed by atoms with Gasteiger partial charge in [-0.25, -0.2) is 10.3 Å². The van der Waals surface area contributed by atoms with E-state index in [4.69, 9.17) is 11.5 Å². The van der Waals surface area contributed by atoms with Gasteiger partial charge in [0.05, 0.1) is 25.2 Å². The summed E-state index contributed by atoms with van der Waals surface area (Å²) in [6, 6.07) is 9.71. The second-order valence-corrected chi connectivity index (χ2v) is 19.3. The normalized spacial score (nSPS) is 17.5. The topological polar surface area (TPSA) is 370 Å². The fourth-order valence-corrected chi connectivity index (χ4v) is 10.2. The number of hydrogen-bond donors (Lipinski definition) is 14. The highest BCUT2D eigenvalue weighted by Gasteiger charge is 2.42. The number of hydroxylamine groups is 1. The molecule has 0 bridgehead atoms. The maximum atomic E-state index is 14.2. The van der Waals surface area contributed by atoms with Crippen LogP contribution in [0.5, 0.6) is 5.75 Å². The number of thioether (sulfide) groups is 1. The molecule has 3 heterocycles. The molecule has 392 valence electrons. The lowest BCUT2D eigenvalue weighted by atomic mass is 9.95. The van der Waals surface area contributed by atoms with Crippen molar-refractivity contribution < 1.29 is 53.5 Å². The predicted molar refractivity (Wildman–Crippen MR) is 267 cm³/mol. The van der Waals surface area contributed by atoms with Gasteiger partial charge in [-0.1, -0.05) is 43.2 Å². The number of aromatic amines is 1. The number of hydrogen-bond acceptors (Lipinski definition) is 13. The van der Waals surface area contributed by atoms with Crippen LogP contribution >= 0.6 is 11.8 Å². The Labute approximate surface area is 421 Å². The van der Waals surface area contributed by atoms with Crippen LogP contribution in [0.1, 0.15) is 81.8 Å². The van der Waals surface area contributed by atoms with E-state index in [0.29, 0.717) is 68.0 Å². The molecule has 3 aromatic rings. The third-order valence-electron chi connectivity index (χ3n) is 12.5. The van der Waals surface area contributed by atoms with E-state index in [0.717, 1.165) is 29.5 Å². The van der Waals surface area contributed by atoms with Crippen LogP contribution in [0.2, 0.25) is 0 Å². The van der Waals surface area contributed by atoms with Gasteiger partial charge in [0.25, 0.3) is 0 Å². The number of phenolic OH excluding ortho intramolecular Hbond substituents is 1. The first-order valence-electron chi connectivity index (χ1n) is 24.3. The molecular weight excluding hydrogens is 953 g/mol. The lowest BCUT2D eigenvalue weighted by molar-refractivity contribution is -0.137. The number of H-pyrrole nitrogens is 1. The molecule has 0 aliphatic carbocycles. The Morgan fingerprint density at radius 1 is 0.722 bits per heavy atom. The van der Waals surface area contributed by atoms with Crippen molar-refractivity contribution >= 4 is 76.0 Å². The van der Waals surface area contributed by atoms with Crippen LogP contribution in [0, 0.1) is 5.92 Å². The highest BCUT2D eigenvalue weighted by molar-refractivity contribution is 8.00. The summed E-state index contributed by atoms with van der Waals surface area (Å²) in [5.41, 5.74) is 14.7. The Morgan fingerprint density at radius 3 is 2.19 bits per heavy atom. The molecule has 16 N–H and O–H groups in total.